The van der Waals surface area contributed by atoms with Crippen molar-refractivity contribution in [1.82, 2.24) is 0 Å². The fraction of sp³-hybridized carbons (Fsp3) is 0.250. The first kappa shape index (κ1) is 18.1. The summed E-state index contributed by atoms with van der Waals surface area (Å²) < 4.78 is 0. The Morgan fingerprint density at radius 2 is 1.81 bits per heavy atom. The molecule has 1 aliphatic rings. The van der Waals surface area contributed by atoms with Crippen molar-refractivity contribution in [3.63, 3.8) is 0 Å². The Morgan fingerprint density at radius 1 is 1.12 bits per heavy atom. The molecule has 0 atom stereocenters. The van der Waals surface area contributed by atoms with Gasteiger partial charge in [0.05, 0.1) is 17.1 Å². The highest BCUT2D eigenvalue weighted by molar-refractivity contribution is 6.71. The van der Waals surface area contributed by atoms with E-state index >= 15 is 0 Å². The van der Waals surface area contributed by atoms with Gasteiger partial charge in [-0.3, -0.25) is 4.79 Å². The Labute approximate surface area is 158 Å². The highest BCUT2D eigenvalue weighted by atomic mass is 35.5. The lowest BCUT2D eigenvalue weighted by Crippen LogP contribution is -2.27. The first-order chi connectivity index (χ1) is 12.5. The molecule has 0 radical (unpaired) electrons. The van der Waals surface area contributed by atoms with Gasteiger partial charge in [0, 0.05) is 23.8 Å². The quantitative estimate of drug-likeness (QED) is 0.769. The van der Waals surface area contributed by atoms with E-state index in [1.807, 2.05) is 24.3 Å². The average Bonchev–Trinajstić information content (AvgIpc) is 2.92. The van der Waals surface area contributed by atoms with Crippen LogP contribution in [0, 0.1) is 0 Å². The van der Waals surface area contributed by atoms with Gasteiger partial charge >= 0.3 is 0 Å². The number of hydrogen-bond donors (Lipinski definition) is 0. The predicted octanol–water partition coefficient (Wildman–Crippen LogP) is 4.68. The molecular formula is C20H21ClN4O. The Bertz CT molecular complexity index is 870. The van der Waals surface area contributed by atoms with Gasteiger partial charge in [-0.05, 0) is 63.2 Å². The minimum Gasteiger partial charge on any atom is -0.372 e. The third-order valence-corrected chi connectivity index (χ3v) is 4.49. The van der Waals surface area contributed by atoms with Crippen molar-refractivity contribution in [2.24, 2.45) is 10.1 Å². The molecule has 0 saturated heterocycles. The number of benzene rings is 2. The molecule has 0 N–H and O–H groups in total. The topological polar surface area (TPSA) is 48.3 Å². The third-order valence-electron chi connectivity index (χ3n) is 4.26. The average molecular weight is 369 g/mol. The molecule has 5 nitrogen and oxygen atoms in total. The number of halogens is 1. The summed E-state index contributed by atoms with van der Waals surface area (Å²) in [5.41, 5.74) is 3.43. The Hall–Kier alpha value is -2.66. The molecule has 6 heteroatoms. The van der Waals surface area contributed by atoms with Crippen LogP contribution < -0.4 is 9.91 Å². The first-order valence-corrected chi connectivity index (χ1v) is 9.00. The van der Waals surface area contributed by atoms with Crippen LogP contribution in [0.3, 0.4) is 0 Å². The molecule has 0 saturated carbocycles. The van der Waals surface area contributed by atoms with E-state index in [0.29, 0.717) is 22.1 Å². The summed E-state index contributed by atoms with van der Waals surface area (Å²) >= 11 is 6.02. The van der Waals surface area contributed by atoms with Gasteiger partial charge < -0.3 is 4.90 Å². The smallest absolute Gasteiger partial charge is 0.299 e. The van der Waals surface area contributed by atoms with Crippen molar-refractivity contribution >= 4 is 46.0 Å². The predicted molar refractivity (Wildman–Crippen MR) is 109 cm³/mol. The van der Waals surface area contributed by atoms with Crippen molar-refractivity contribution in [3.8, 4) is 0 Å². The standard InChI is InChI=1S/C20H21ClN4O/c1-4-24(5-2)17-11-9-16(10-12-17)22-19-14(3)23-25(20(19)26)18-8-6-7-15(21)13-18/h6-13H,4-5H2,1-3H3. The number of nitrogens with zero attached hydrogens (tertiary/aromatic N) is 4. The summed E-state index contributed by atoms with van der Waals surface area (Å²) in [6.07, 6.45) is 0. The van der Waals surface area contributed by atoms with Crippen molar-refractivity contribution < 1.29 is 4.79 Å². The molecule has 2 aromatic carbocycles. The molecule has 0 aliphatic carbocycles. The highest BCUT2D eigenvalue weighted by Crippen LogP contribution is 2.25. The zero-order chi connectivity index (χ0) is 18.7. The Balaban J connectivity index is 1.85. The third kappa shape index (κ3) is 3.63. The van der Waals surface area contributed by atoms with Gasteiger partial charge in [-0.1, -0.05) is 17.7 Å². The molecule has 1 amide bonds. The van der Waals surface area contributed by atoms with Gasteiger partial charge in [-0.15, -0.1) is 0 Å². The van der Waals surface area contributed by atoms with Gasteiger partial charge in [0.2, 0.25) is 0 Å². The van der Waals surface area contributed by atoms with Gasteiger partial charge in [-0.2, -0.15) is 10.1 Å². The number of anilines is 2. The summed E-state index contributed by atoms with van der Waals surface area (Å²) in [5, 5.41) is 6.23. The van der Waals surface area contributed by atoms with Gasteiger partial charge in [0.25, 0.3) is 5.91 Å². The maximum atomic E-state index is 12.7. The van der Waals surface area contributed by atoms with Crippen molar-refractivity contribution in [2.45, 2.75) is 20.8 Å². The van der Waals surface area contributed by atoms with Crippen molar-refractivity contribution in [1.29, 1.82) is 0 Å². The molecule has 0 spiro atoms. The van der Waals surface area contributed by atoms with E-state index < -0.39 is 0 Å². The first-order valence-electron chi connectivity index (χ1n) is 8.62. The lowest BCUT2D eigenvalue weighted by molar-refractivity contribution is -0.112. The van der Waals surface area contributed by atoms with Crippen molar-refractivity contribution in [2.75, 3.05) is 23.0 Å². The minimum absolute atomic E-state index is 0.252. The molecule has 0 bridgehead atoms. The molecule has 2 aromatic rings. The van der Waals surface area contributed by atoms with Gasteiger partial charge in [0.1, 0.15) is 0 Å². The fourth-order valence-electron chi connectivity index (χ4n) is 2.87. The van der Waals surface area contributed by atoms with Crippen LogP contribution in [0.2, 0.25) is 5.02 Å². The largest absolute Gasteiger partial charge is 0.372 e. The second kappa shape index (κ2) is 7.70. The number of hydrazone groups is 1. The zero-order valence-corrected chi connectivity index (χ0v) is 15.9. The molecule has 134 valence electrons. The van der Waals surface area contributed by atoms with Crippen LogP contribution in [0.15, 0.2) is 58.6 Å². The number of hydrogen-bond acceptors (Lipinski definition) is 4. The van der Waals surface area contributed by atoms with Crippen LogP contribution in [0.1, 0.15) is 20.8 Å². The van der Waals surface area contributed by atoms with Crippen LogP contribution in [0.25, 0.3) is 0 Å². The second-order valence-corrected chi connectivity index (χ2v) is 6.37. The minimum atomic E-state index is -0.252. The Morgan fingerprint density at radius 3 is 2.42 bits per heavy atom. The fourth-order valence-corrected chi connectivity index (χ4v) is 3.05. The van der Waals surface area contributed by atoms with E-state index in [9.17, 15) is 4.79 Å². The molecule has 1 heterocycles. The normalized spacial score (nSPS) is 15.5. The maximum absolute atomic E-state index is 12.7. The second-order valence-electron chi connectivity index (χ2n) is 5.93. The van der Waals surface area contributed by atoms with E-state index in [4.69, 9.17) is 11.6 Å². The maximum Gasteiger partial charge on any atom is 0.299 e. The summed E-state index contributed by atoms with van der Waals surface area (Å²) in [6, 6.07) is 14.9. The van der Waals surface area contributed by atoms with E-state index in [1.54, 1.807) is 31.2 Å². The molecule has 0 aromatic heterocycles. The molecule has 26 heavy (non-hydrogen) atoms. The zero-order valence-electron chi connectivity index (χ0n) is 15.1. The van der Waals surface area contributed by atoms with E-state index in [-0.39, 0.29) is 5.91 Å². The number of rotatable bonds is 5. The number of carbonyl (C=O) groups excluding carboxylic acids is 1. The van der Waals surface area contributed by atoms with Crippen LogP contribution in [0.4, 0.5) is 17.1 Å². The molecule has 3 rings (SSSR count). The van der Waals surface area contributed by atoms with Crippen LogP contribution in [-0.2, 0) is 4.79 Å². The Kier molecular flexibility index (Phi) is 5.38. The lowest BCUT2D eigenvalue weighted by atomic mass is 10.2. The molecule has 0 fully saturated rings. The number of amides is 1. The van der Waals surface area contributed by atoms with E-state index in [1.165, 1.54) is 5.01 Å². The number of aliphatic imine (C=N–C) groups is 1. The molecule has 0 unspecified atom stereocenters. The highest BCUT2D eigenvalue weighted by Gasteiger charge is 2.30. The van der Waals surface area contributed by atoms with Gasteiger partial charge in [0.15, 0.2) is 5.71 Å². The summed E-state index contributed by atoms with van der Waals surface area (Å²) in [4.78, 5) is 19.5. The lowest BCUT2D eigenvalue weighted by Gasteiger charge is -2.20. The van der Waals surface area contributed by atoms with Crippen molar-refractivity contribution in [3.05, 3.63) is 53.6 Å². The molecule has 1 aliphatic heterocycles. The number of carbonyl (C=O) groups is 1. The van der Waals surface area contributed by atoms with Gasteiger partial charge in [-0.25, -0.2) is 4.99 Å². The summed E-state index contributed by atoms with van der Waals surface area (Å²) in [7, 11) is 0. The van der Waals surface area contributed by atoms with Crippen LogP contribution in [-0.4, -0.2) is 30.4 Å². The molecular weight excluding hydrogens is 348 g/mol. The SMILES string of the molecule is CCN(CC)c1ccc(N=C2C(=O)N(c3cccc(Cl)c3)N=C2C)cc1. The van der Waals surface area contributed by atoms with Crippen LogP contribution >= 0.6 is 11.6 Å². The van der Waals surface area contributed by atoms with Crippen LogP contribution in [0.5, 0.6) is 0 Å². The monoisotopic (exact) mass is 368 g/mol. The summed E-state index contributed by atoms with van der Waals surface area (Å²) in [6.45, 7) is 7.93. The van der Waals surface area contributed by atoms with E-state index in [0.717, 1.165) is 24.5 Å². The summed E-state index contributed by atoms with van der Waals surface area (Å²) in [5.74, 6) is -0.252. The van der Waals surface area contributed by atoms with E-state index in [2.05, 4.69) is 28.8 Å².